The van der Waals surface area contributed by atoms with Crippen LogP contribution in [0.25, 0.3) is 0 Å². The van der Waals surface area contributed by atoms with E-state index in [1.165, 1.54) is 25.1 Å². The molecule has 0 aromatic heterocycles. The Labute approximate surface area is 144 Å². The molecule has 3 N–H and O–H groups in total. The number of anilines is 3. The van der Waals surface area contributed by atoms with Crippen molar-refractivity contribution in [3.63, 3.8) is 0 Å². The molecule has 0 radical (unpaired) electrons. The Kier molecular flexibility index (Phi) is 6.14. The first-order valence-electron chi connectivity index (χ1n) is 7.30. The minimum absolute atomic E-state index is 0.0369. The Morgan fingerprint density at radius 2 is 1.62 bits per heavy atom. The molecule has 0 aliphatic heterocycles. The van der Waals surface area contributed by atoms with Crippen LogP contribution in [0.4, 0.5) is 21.5 Å². The Morgan fingerprint density at radius 1 is 1.00 bits per heavy atom. The van der Waals surface area contributed by atoms with Crippen molar-refractivity contribution in [1.29, 1.82) is 0 Å². The predicted molar refractivity (Wildman–Crippen MR) is 93.9 cm³/mol. The maximum Gasteiger partial charge on any atom is 0.226 e. The van der Waals surface area contributed by atoms with Gasteiger partial charge in [0.15, 0.2) is 0 Å². The summed E-state index contributed by atoms with van der Waals surface area (Å²) in [4.78, 5) is 22.8. The minimum Gasteiger partial charge on any atom is -0.385 e. The number of rotatable bonds is 6. The van der Waals surface area contributed by atoms with E-state index in [1.807, 2.05) is 12.1 Å². The molecule has 0 bridgehead atoms. The molecule has 0 unspecified atom stereocenters. The molecule has 0 atom stereocenters. The highest BCUT2D eigenvalue weighted by molar-refractivity contribution is 6.31. The fraction of sp³-hybridized carbons (Fsp3) is 0.176. The van der Waals surface area contributed by atoms with E-state index >= 15 is 0 Å². The van der Waals surface area contributed by atoms with Crippen molar-refractivity contribution in [2.75, 3.05) is 22.5 Å². The summed E-state index contributed by atoms with van der Waals surface area (Å²) >= 11 is 5.66. The lowest BCUT2D eigenvalue weighted by atomic mass is 10.2. The first-order chi connectivity index (χ1) is 11.4. The number of carbonyl (C=O) groups is 2. The average molecular weight is 350 g/mol. The number of hydrogen-bond acceptors (Lipinski definition) is 3. The average Bonchev–Trinajstić information content (AvgIpc) is 2.52. The van der Waals surface area contributed by atoms with Gasteiger partial charge in [-0.1, -0.05) is 11.6 Å². The van der Waals surface area contributed by atoms with Gasteiger partial charge in [0, 0.05) is 37.0 Å². The van der Waals surface area contributed by atoms with E-state index in [-0.39, 0.29) is 23.3 Å². The molecule has 2 rings (SSSR count). The van der Waals surface area contributed by atoms with Gasteiger partial charge >= 0.3 is 0 Å². The van der Waals surface area contributed by atoms with Crippen molar-refractivity contribution < 1.29 is 14.0 Å². The second-order valence-corrected chi connectivity index (χ2v) is 5.52. The second-order valence-electron chi connectivity index (χ2n) is 5.11. The number of nitrogens with one attached hydrogen (secondary N) is 3. The zero-order valence-corrected chi connectivity index (χ0v) is 13.8. The van der Waals surface area contributed by atoms with Crippen LogP contribution in [0.3, 0.4) is 0 Å². The Morgan fingerprint density at radius 3 is 2.25 bits per heavy atom. The zero-order valence-electron chi connectivity index (χ0n) is 13.0. The van der Waals surface area contributed by atoms with Crippen LogP contribution in [-0.4, -0.2) is 18.4 Å². The quantitative estimate of drug-likeness (QED) is 0.741. The lowest BCUT2D eigenvalue weighted by Gasteiger charge is -2.09. The molecule has 0 saturated carbocycles. The SMILES string of the molecule is CC(=O)Nc1ccc(NCCC(=O)Nc2ccc(F)c(Cl)c2)cc1. The monoisotopic (exact) mass is 349 g/mol. The van der Waals surface area contributed by atoms with E-state index < -0.39 is 5.82 Å². The Hall–Kier alpha value is -2.60. The van der Waals surface area contributed by atoms with Crippen molar-refractivity contribution >= 4 is 40.5 Å². The lowest BCUT2D eigenvalue weighted by Crippen LogP contribution is -2.16. The van der Waals surface area contributed by atoms with Crippen LogP contribution in [0.5, 0.6) is 0 Å². The highest BCUT2D eigenvalue weighted by Crippen LogP contribution is 2.19. The Balaban J connectivity index is 1.77. The molecule has 2 amide bonds. The molecule has 0 aliphatic carbocycles. The number of carbonyl (C=O) groups excluding carboxylic acids is 2. The van der Waals surface area contributed by atoms with Crippen molar-refractivity contribution in [1.82, 2.24) is 0 Å². The molecule has 126 valence electrons. The third-order valence-corrected chi connectivity index (χ3v) is 3.38. The fourth-order valence-corrected chi connectivity index (χ4v) is 2.17. The van der Waals surface area contributed by atoms with Gasteiger partial charge in [-0.25, -0.2) is 4.39 Å². The molecule has 0 heterocycles. The number of hydrogen-bond donors (Lipinski definition) is 3. The summed E-state index contributed by atoms with van der Waals surface area (Å²) in [5, 5.41) is 8.39. The molecule has 24 heavy (non-hydrogen) atoms. The van der Waals surface area contributed by atoms with Gasteiger partial charge in [0.25, 0.3) is 0 Å². The lowest BCUT2D eigenvalue weighted by molar-refractivity contribution is -0.116. The number of benzene rings is 2. The van der Waals surface area contributed by atoms with Crippen LogP contribution in [0.15, 0.2) is 42.5 Å². The van der Waals surface area contributed by atoms with Gasteiger partial charge < -0.3 is 16.0 Å². The largest absolute Gasteiger partial charge is 0.385 e. The van der Waals surface area contributed by atoms with Gasteiger partial charge in [-0.15, -0.1) is 0 Å². The molecule has 0 aliphatic rings. The van der Waals surface area contributed by atoms with E-state index in [4.69, 9.17) is 11.6 Å². The van der Waals surface area contributed by atoms with Gasteiger partial charge in [-0.05, 0) is 42.5 Å². The Bertz CT molecular complexity index is 735. The van der Waals surface area contributed by atoms with E-state index in [0.29, 0.717) is 17.9 Å². The summed E-state index contributed by atoms with van der Waals surface area (Å²) in [6.45, 7) is 1.87. The highest BCUT2D eigenvalue weighted by Gasteiger charge is 2.05. The standard InChI is InChI=1S/C17H17ClFN3O2/c1-11(23)21-13-4-2-12(3-5-13)20-9-8-17(24)22-14-6-7-16(19)15(18)10-14/h2-7,10,20H,8-9H2,1H3,(H,21,23)(H,22,24). The van der Waals surface area contributed by atoms with Crippen molar-refractivity contribution in [2.45, 2.75) is 13.3 Å². The summed E-state index contributed by atoms with van der Waals surface area (Å²) < 4.78 is 13.0. The van der Waals surface area contributed by atoms with Crippen molar-refractivity contribution in [2.24, 2.45) is 0 Å². The molecule has 2 aromatic carbocycles. The smallest absolute Gasteiger partial charge is 0.226 e. The van der Waals surface area contributed by atoms with E-state index in [9.17, 15) is 14.0 Å². The molecule has 0 saturated heterocycles. The fourth-order valence-electron chi connectivity index (χ4n) is 1.99. The van der Waals surface area contributed by atoms with E-state index in [0.717, 1.165) is 5.69 Å². The summed E-state index contributed by atoms with van der Waals surface area (Å²) in [5.41, 5.74) is 1.99. The summed E-state index contributed by atoms with van der Waals surface area (Å²) in [6, 6.07) is 11.2. The van der Waals surface area contributed by atoms with Crippen molar-refractivity contribution in [3.05, 3.63) is 53.3 Å². The van der Waals surface area contributed by atoms with Crippen LogP contribution in [0.1, 0.15) is 13.3 Å². The summed E-state index contributed by atoms with van der Waals surface area (Å²) in [6.07, 6.45) is 0.239. The minimum atomic E-state index is -0.529. The second kappa shape index (κ2) is 8.31. The van der Waals surface area contributed by atoms with Crippen LogP contribution < -0.4 is 16.0 Å². The third kappa shape index (κ3) is 5.55. The van der Waals surface area contributed by atoms with Crippen LogP contribution in [-0.2, 0) is 9.59 Å². The molecular weight excluding hydrogens is 333 g/mol. The van der Waals surface area contributed by atoms with Gasteiger partial charge in [-0.2, -0.15) is 0 Å². The zero-order chi connectivity index (χ0) is 17.5. The molecule has 5 nitrogen and oxygen atoms in total. The van der Waals surface area contributed by atoms with Gasteiger partial charge in [0.1, 0.15) is 5.82 Å². The molecule has 7 heteroatoms. The van der Waals surface area contributed by atoms with Crippen LogP contribution in [0.2, 0.25) is 5.02 Å². The number of halogens is 2. The summed E-state index contributed by atoms with van der Waals surface area (Å²) in [7, 11) is 0. The molecule has 0 spiro atoms. The van der Waals surface area contributed by atoms with Crippen molar-refractivity contribution in [3.8, 4) is 0 Å². The maximum absolute atomic E-state index is 13.0. The molecule has 0 fully saturated rings. The first-order valence-corrected chi connectivity index (χ1v) is 7.68. The third-order valence-electron chi connectivity index (χ3n) is 3.09. The van der Waals surface area contributed by atoms with E-state index in [1.54, 1.807) is 12.1 Å². The van der Waals surface area contributed by atoms with Gasteiger partial charge in [0.05, 0.1) is 5.02 Å². The first kappa shape index (κ1) is 17.7. The van der Waals surface area contributed by atoms with Gasteiger partial charge in [-0.3, -0.25) is 9.59 Å². The molecule has 2 aromatic rings. The van der Waals surface area contributed by atoms with Crippen LogP contribution >= 0.6 is 11.6 Å². The normalized spacial score (nSPS) is 10.1. The summed E-state index contributed by atoms with van der Waals surface area (Å²) in [5.74, 6) is -0.868. The topological polar surface area (TPSA) is 70.2 Å². The molecular formula is C17H17ClFN3O2. The maximum atomic E-state index is 13.0. The predicted octanol–water partition coefficient (Wildman–Crippen LogP) is 3.88. The number of amides is 2. The highest BCUT2D eigenvalue weighted by atomic mass is 35.5. The van der Waals surface area contributed by atoms with E-state index in [2.05, 4.69) is 16.0 Å². The van der Waals surface area contributed by atoms with Gasteiger partial charge in [0.2, 0.25) is 11.8 Å². The van der Waals surface area contributed by atoms with Crippen LogP contribution in [0, 0.1) is 5.82 Å².